The predicted octanol–water partition coefficient (Wildman–Crippen LogP) is 0.190. The predicted molar refractivity (Wildman–Crippen MR) is 66.5 cm³/mol. The number of carbonyl (C=O) groups excluding carboxylic acids is 2. The Morgan fingerprint density at radius 3 is 2.58 bits per heavy atom. The van der Waals surface area contributed by atoms with Crippen molar-refractivity contribution in [3.05, 3.63) is 0 Å². The minimum absolute atomic E-state index is 0.339. The molecule has 0 radical (unpaired) electrons. The number of cyclic esters (lactones) is 1. The van der Waals surface area contributed by atoms with Gasteiger partial charge in [-0.1, -0.05) is 32.6 Å². The lowest BCUT2D eigenvalue weighted by atomic mass is 10.1. The van der Waals surface area contributed by atoms with Crippen molar-refractivity contribution in [1.82, 2.24) is 0 Å². The molecule has 1 aliphatic rings. The normalized spacial score (nSPS) is 24.6. The van der Waals surface area contributed by atoms with Crippen LogP contribution in [0.25, 0.3) is 0 Å². The minimum Gasteiger partial charge on any atom is -0.450 e. The quantitative estimate of drug-likeness (QED) is 0.354. The van der Waals surface area contributed by atoms with E-state index in [4.69, 9.17) is 14.6 Å². The van der Waals surface area contributed by atoms with Crippen molar-refractivity contribution in [3.8, 4) is 0 Å². The molecule has 0 aromatic rings. The highest BCUT2D eigenvalue weighted by atomic mass is 16.6. The molecule has 0 amide bonds. The van der Waals surface area contributed by atoms with Crippen LogP contribution in [0.1, 0.15) is 39.0 Å². The average molecular weight is 274 g/mol. The Labute approximate surface area is 112 Å². The second kappa shape index (κ2) is 8.24. The number of aliphatic hydroxyl groups excluding tert-OH is 2. The third-order valence-electron chi connectivity index (χ3n) is 3.11. The van der Waals surface area contributed by atoms with E-state index in [0.29, 0.717) is 6.61 Å². The second-order valence-corrected chi connectivity index (χ2v) is 4.69. The van der Waals surface area contributed by atoms with Crippen molar-refractivity contribution in [2.24, 2.45) is 0 Å². The summed E-state index contributed by atoms with van der Waals surface area (Å²) in [4.78, 5) is 22.7. The molecule has 2 N–H and O–H groups in total. The third kappa shape index (κ3) is 4.56. The fourth-order valence-electron chi connectivity index (χ4n) is 1.98. The van der Waals surface area contributed by atoms with Gasteiger partial charge in [-0.15, -0.1) is 0 Å². The van der Waals surface area contributed by atoms with Gasteiger partial charge in [0.1, 0.15) is 6.10 Å². The zero-order valence-corrected chi connectivity index (χ0v) is 11.2. The van der Waals surface area contributed by atoms with Gasteiger partial charge in [-0.2, -0.15) is 0 Å². The molecule has 0 aromatic heterocycles. The lowest BCUT2D eigenvalue weighted by Crippen LogP contribution is -2.41. The number of unbranched alkanes of at least 4 members (excludes halogenated alkanes) is 4. The molecule has 6 nitrogen and oxygen atoms in total. The van der Waals surface area contributed by atoms with Gasteiger partial charge in [-0.05, 0) is 6.42 Å². The summed E-state index contributed by atoms with van der Waals surface area (Å²) in [7, 11) is 0. The Kier molecular flexibility index (Phi) is 6.97. The summed E-state index contributed by atoms with van der Waals surface area (Å²) >= 11 is 0. The maximum atomic E-state index is 11.5. The van der Waals surface area contributed by atoms with Gasteiger partial charge in [0.2, 0.25) is 0 Å². The number of carbonyl (C=O) groups is 2. The number of hydrogen-bond donors (Lipinski definition) is 2. The van der Waals surface area contributed by atoms with Crippen LogP contribution in [0.15, 0.2) is 0 Å². The van der Waals surface area contributed by atoms with E-state index in [2.05, 4.69) is 6.92 Å². The van der Waals surface area contributed by atoms with E-state index in [1.54, 1.807) is 0 Å². The van der Waals surface area contributed by atoms with E-state index in [9.17, 15) is 14.7 Å². The fraction of sp³-hybridized carbons (Fsp3) is 0.846. The van der Waals surface area contributed by atoms with E-state index in [-0.39, 0.29) is 0 Å². The zero-order valence-electron chi connectivity index (χ0n) is 11.2. The largest absolute Gasteiger partial charge is 0.450 e. The van der Waals surface area contributed by atoms with Gasteiger partial charge >= 0.3 is 5.97 Å². The van der Waals surface area contributed by atoms with Gasteiger partial charge in [-0.25, -0.2) is 4.79 Å². The molecule has 0 aliphatic carbocycles. The van der Waals surface area contributed by atoms with Crippen LogP contribution in [0.4, 0.5) is 0 Å². The Morgan fingerprint density at radius 1 is 1.26 bits per heavy atom. The fourth-order valence-corrected chi connectivity index (χ4v) is 1.98. The Hall–Kier alpha value is -0.980. The number of ether oxygens (including phenoxy) is 2. The molecule has 1 unspecified atom stereocenters. The van der Waals surface area contributed by atoms with E-state index in [1.165, 1.54) is 0 Å². The van der Waals surface area contributed by atoms with Crippen molar-refractivity contribution in [2.45, 2.75) is 57.3 Å². The molecule has 1 rings (SSSR count). The standard InChI is InChI=1S/C13H22O6/c1-2-3-4-5-6-7-18-12-10(16)13(17)19-11(12)9(15)8-14/h9,11-12,14-15H,2-8H2,1H3/t9-,11+,12?/m0/s1. The Balaban J connectivity index is 2.36. The number of aliphatic hydroxyl groups is 2. The third-order valence-corrected chi connectivity index (χ3v) is 3.11. The number of hydrogen-bond acceptors (Lipinski definition) is 6. The zero-order chi connectivity index (χ0) is 14.3. The molecular weight excluding hydrogens is 252 g/mol. The highest BCUT2D eigenvalue weighted by Crippen LogP contribution is 2.19. The number of ketones is 1. The molecule has 0 bridgehead atoms. The molecular formula is C13H22O6. The van der Waals surface area contributed by atoms with Gasteiger partial charge in [-0.3, -0.25) is 4.79 Å². The molecule has 0 saturated carbocycles. The molecule has 19 heavy (non-hydrogen) atoms. The maximum Gasteiger partial charge on any atom is 0.378 e. The van der Waals surface area contributed by atoms with Crippen LogP contribution >= 0.6 is 0 Å². The van der Waals surface area contributed by atoms with Crippen LogP contribution in [0.3, 0.4) is 0 Å². The van der Waals surface area contributed by atoms with Crippen molar-refractivity contribution in [3.63, 3.8) is 0 Å². The molecule has 1 saturated heterocycles. The highest BCUT2D eigenvalue weighted by molar-refractivity contribution is 6.37. The van der Waals surface area contributed by atoms with Crippen LogP contribution in [0.2, 0.25) is 0 Å². The van der Waals surface area contributed by atoms with Gasteiger partial charge in [0.05, 0.1) is 6.61 Å². The van der Waals surface area contributed by atoms with Crippen molar-refractivity contribution in [1.29, 1.82) is 0 Å². The first-order valence-electron chi connectivity index (χ1n) is 6.77. The number of Topliss-reactive ketones (excluding diaryl/α,β-unsaturated/α-hetero) is 1. The topological polar surface area (TPSA) is 93.1 Å². The van der Waals surface area contributed by atoms with Crippen LogP contribution in [0.5, 0.6) is 0 Å². The SMILES string of the molecule is CCCCCCCOC1C(=O)C(=O)O[C@@H]1[C@@H](O)CO. The van der Waals surface area contributed by atoms with Crippen LogP contribution in [-0.2, 0) is 19.1 Å². The summed E-state index contributed by atoms with van der Waals surface area (Å²) < 4.78 is 10.0. The molecule has 3 atom stereocenters. The minimum atomic E-state index is -1.29. The molecule has 6 heteroatoms. The molecule has 1 aliphatic heterocycles. The molecule has 1 fully saturated rings. The van der Waals surface area contributed by atoms with Gasteiger partial charge in [0.25, 0.3) is 5.78 Å². The summed E-state index contributed by atoms with van der Waals surface area (Å²) in [5.41, 5.74) is 0. The monoisotopic (exact) mass is 274 g/mol. The lowest BCUT2D eigenvalue weighted by Gasteiger charge is -2.20. The summed E-state index contributed by atoms with van der Waals surface area (Å²) in [5.74, 6) is -1.79. The van der Waals surface area contributed by atoms with Crippen molar-refractivity contribution >= 4 is 11.8 Å². The van der Waals surface area contributed by atoms with E-state index in [0.717, 1.165) is 32.1 Å². The molecule has 1 heterocycles. The summed E-state index contributed by atoms with van der Waals surface area (Å²) in [6, 6.07) is 0. The summed E-state index contributed by atoms with van der Waals surface area (Å²) in [6.45, 7) is 1.88. The van der Waals surface area contributed by atoms with Gasteiger partial charge in [0.15, 0.2) is 12.2 Å². The van der Waals surface area contributed by atoms with Crippen LogP contribution < -0.4 is 0 Å². The molecule has 0 spiro atoms. The van der Waals surface area contributed by atoms with E-state index in [1.807, 2.05) is 0 Å². The van der Waals surface area contributed by atoms with E-state index < -0.39 is 36.7 Å². The Bertz CT molecular complexity index is 304. The van der Waals surface area contributed by atoms with Crippen LogP contribution in [-0.4, -0.2) is 53.5 Å². The van der Waals surface area contributed by atoms with E-state index >= 15 is 0 Å². The summed E-state index contributed by atoms with van der Waals surface area (Å²) in [6.07, 6.45) is 1.72. The maximum absolute atomic E-state index is 11.5. The average Bonchev–Trinajstić information content (AvgIpc) is 2.69. The molecule has 0 aromatic carbocycles. The highest BCUT2D eigenvalue weighted by Gasteiger charge is 2.47. The second-order valence-electron chi connectivity index (χ2n) is 4.69. The Morgan fingerprint density at radius 2 is 1.95 bits per heavy atom. The summed E-state index contributed by atoms with van der Waals surface area (Å²) in [5, 5.41) is 18.3. The van der Waals surface area contributed by atoms with Gasteiger partial charge < -0.3 is 19.7 Å². The first kappa shape index (κ1) is 16.1. The number of esters is 1. The number of rotatable bonds is 9. The smallest absolute Gasteiger partial charge is 0.378 e. The lowest BCUT2D eigenvalue weighted by molar-refractivity contribution is -0.152. The first-order chi connectivity index (χ1) is 9.11. The molecule has 110 valence electrons. The first-order valence-corrected chi connectivity index (χ1v) is 6.77. The van der Waals surface area contributed by atoms with Crippen molar-refractivity contribution < 1.29 is 29.3 Å². The van der Waals surface area contributed by atoms with Crippen molar-refractivity contribution in [2.75, 3.05) is 13.2 Å². The van der Waals surface area contributed by atoms with Crippen LogP contribution in [0, 0.1) is 0 Å². The van der Waals surface area contributed by atoms with Gasteiger partial charge in [0, 0.05) is 6.61 Å².